The first kappa shape index (κ1) is 19.0. The fourth-order valence-electron chi connectivity index (χ4n) is 2.95. The molecule has 0 N–H and O–H groups in total. The third kappa shape index (κ3) is 4.69. The molecular weight excluding hydrogens is 397 g/mol. The number of benzene rings is 2. The number of hydrogen-bond donors (Lipinski definition) is 0. The maximum atomic E-state index is 12.8. The highest BCUT2D eigenvalue weighted by Gasteiger charge is 2.35. The molecule has 26 heavy (non-hydrogen) atoms. The summed E-state index contributed by atoms with van der Waals surface area (Å²) in [6.45, 7) is -0.248. The first-order chi connectivity index (χ1) is 12.3. The smallest absolute Gasteiger partial charge is 0.265 e. The Balaban J connectivity index is 1.79. The molecule has 0 aliphatic carbocycles. The van der Waals surface area contributed by atoms with E-state index in [2.05, 4.69) is 0 Å². The maximum absolute atomic E-state index is 12.8. The van der Waals surface area contributed by atoms with Gasteiger partial charge in [-0.25, -0.2) is 8.42 Å². The molecule has 1 amide bonds. The number of halogens is 2. The van der Waals surface area contributed by atoms with E-state index in [0.29, 0.717) is 27.9 Å². The lowest BCUT2D eigenvalue weighted by Gasteiger charge is -2.28. The normalized spacial score (nSPS) is 18.5. The quantitative estimate of drug-likeness (QED) is 0.750. The van der Waals surface area contributed by atoms with Crippen molar-refractivity contribution in [3.63, 3.8) is 0 Å². The largest absolute Gasteiger partial charge is 0.484 e. The molecular formula is C18H17Cl2NO4S. The predicted octanol–water partition coefficient (Wildman–Crippen LogP) is 3.59. The standard InChI is InChI=1S/C18H17Cl2NO4S/c19-13-8-14(20)10-17(9-13)25-11-18(22)21(15-4-2-1-3-5-15)16-6-7-26(23,24)12-16/h1-5,8-10,16H,6-7,11-12H2. The van der Waals surface area contributed by atoms with E-state index in [9.17, 15) is 13.2 Å². The van der Waals surface area contributed by atoms with E-state index >= 15 is 0 Å². The Morgan fingerprint density at radius 1 is 1.12 bits per heavy atom. The number of ether oxygens (including phenoxy) is 1. The van der Waals surface area contributed by atoms with Gasteiger partial charge in [-0.1, -0.05) is 41.4 Å². The van der Waals surface area contributed by atoms with Gasteiger partial charge in [-0.3, -0.25) is 4.79 Å². The molecule has 138 valence electrons. The van der Waals surface area contributed by atoms with Crippen LogP contribution in [0.4, 0.5) is 5.69 Å². The Morgan fingerprint density at radius 3 is 2.35 bits per heavy atom. The van der Waals surface area contributed by atoms with Crippen molar-refractivity contribution < 1.29 is 17.9 Å². The molecule has 3 rings (SSSR count). The van der Waals surface area contributed by atoms with E-state index in [4.69, 9.17) is 27.9 Å². The van der Waals surface area contributed by atoms with Crippen LogP contribution in [0.1, 0.15) is 6.42 Å². The molecule has 1 aliphatic heterocycles. The summed E-state index contributed by atoms with van der Waals surface area (Å²) in [6, 6.07) is 13.3. The number of anilines is 1. The van der Waals surface area contributed by atoms with Crippen LogP contribution in [0.5, 0.6) is 5.75 Å². The Hall–Kier alpha value is -1.76. The van der Waals surface area contributed by atoms with Gasteiger partial charge in [0.2, 0.25) is 0 Å². The lowest BCUT2D eigenvalue weighted by atomic mass is 10.2. The Bertz CT molecular complexity index is 882. The van der Waals surface area contributed by atoms with Crippen LogP contribution in [0.25, 0.3) is 0 Å². The molecule has 5 nitrogen and oxygen atoms in total. The minimum atomic E-state index is -3.13. The fourth-order valence-corrected chi connectivity index (χ4v) is 5.16. The highest BCUT2D eigenvalue weighted by atomic mass is 35.5. The lowest BCUT2D eigenvalue weighted by Crippen LogP contribution is -2.43. The molecule has 0 spiro atoms. The first-order valence-electron chi connectivity index (χ1n) is 8.00. The summed E-state index contributed by atoms with van der Waals surface area (Å²) >= 11 is 11.9. The summed E-state index contributed by atoms with van der Waals surface area (Å²) < 4.78 is 29.2. The van der Waals surface area contributed by atoms with Crippen molar-refractivity contribution >= 4 is 44.6 Å². The zero-order chi connectivity index (χ0) is 18.7. The molecule has 1 unspecified atom stereocenters. The Morgan fingerprint density at radius 2 is 1.77 bits per heavy atom. The average molecular weight is 414 g/mol. The van der Waals surface area contributed by atoms with Crippen molar-refractivity contribution in [2.45, 2.75) is 12.5 Å². The van der Waals surface area contributed by atoms with Crippen molar-refractivity contribution in [2.24, 2.45) is 0 Å². The van der Waals surface area contributed by atoms with Gasteiger partial charge < -0.3 is 9.64 Å². The van der Waals surface area contributed by atoms with Crippen LogP contribution in [0, 0.1) is 0 Å². The summed E-state index contributed by atoms with van der Waals surface area (Å²) in [5, 5.41) is 0.809. The van der Waals surface area contributed by atoms with Gasteiger partial charge >= 0.3 is 0 Å². The molecule has 2 aromatic rings. The molecule has 0 aromatic heterocycles. The molecule has 0 saturated carbocycles. The van der Waals surface area contributed by atoms with Crippen molar-refractivity contribution in [1.29, 1.82) is 0 Å². The Kier molecular flexibility index (Phi) is 5.75. The van der Waals surface area contributed by atoms with E-state index in [0.717, 1.165) is 0 Å². The topological polar surface area (TPSA) is 63.7 Å². The van der Waals surface area contributed by atoms with Crippen molar-refractivity contribution in [3.8, 4) is 5.75 Å². The van der Waals surface area contributed by atoms with Crippen molar-refractivity contribution in [2.75, 3.05) is 23.0 Å². The van der Waals surface area contributed by atoms with Crippen LogP contribution >= 0.6 is 23.2 Å². The minimum Gasteiger partial charge on any atom is -0.484 e. The van der Waals surface area contributed by atoms with Gasteiger partial charge in [0.25, 0.3) is 5.91 Å². The summed E-state index contributed by atoms with van der Waals surface area (Å²) in [5.41, 5.74) is 0.646. The van der Waals surface area contributed by atoms with Crippen LogP contribution in [0.2, 0.25) is 10.0 Å². The van der Waals surface area contributed by atoms with E-state index in [1.165, 1.54) is 4.90 Å². The van der Waals surface area contributed by atoms with Crippen LogP contribution < -0.4 is 9.64 Å². The fraction of sp³-hybridized carbons (Fsp3) is 0.278. The monoisotopic (exact) mass is 413 g/mol. The van der Waals surface area contributed by atoms with Crippen LogP contribution in [-0.4, -0.2) is 38.5 Å². The molecule has 2 aromatic carbocycles. The third-order valence-electron chi connectivity index (χ3n) is 4.07. The summed E-state index contributed by atoms with van der Waals surface area (Å²) in [6.07, 6.45) is 0.409. The second-order valence-electron chi connectivity index (χ2n) is 6.05. The molecule has 1 aliphatic rings. The summed E-state index contributed by atoms with van der Waals surface area (Å²) in [4.78, 5) is 14.3. The number of hydrogen-bond acceptors (Lipinski definition) is 4. The third-order valence-corrected chi connectivity index (χ3v) is 6.26. The zero-order valence-electron chi connectivity index (χ0n) is 13.8. The number of sulfone groups is 1. The van der Waals surface area contributed by atoms with Crippen LogP contribution in [-0.2, 0) is 14.6 Å². The van der Waals surface area contributed by atoms with Gasteiger partial charge in [0.1, 0.15) is 5.75 Å². The molecule has 0 bridgehead atoms. The van der Waals surface area contributed by atoms with E-state index < -0.39 is 15.9 Å². The first-order valence-corrected chi connectivity index (χ1v) is 10.6. The maximum Gasteiger partial charge on any atom is 0.265 e. The van der Waals surface area contributed by atoms with Gasteiger partial charge in [-0.05, 0) is 36.8 Å². The van der Waals surface area contributed by atoms with E-state index in [1.54, 1.807) is 42.5 Å². The highest BCUT2D eigenvalue weighted by molar-refractivity contribution is 7.91. The summed E-state index contributed by atoms with van der Waals surface area (Å²) in [5.74, 6) is 0.0904. The Labute approximate surface area is 162 Å². The number of carbonyl (C=O) groups excluding carboxylic acids is 1. The van der Waals surface area contributed by atoms with Gasteiger partial charge in [-0.15, -0.1) is 0 Å². The van der Waals surface area contributed by atoms with Gasteiger partial charge in [0, 0.05) is 15.7 Å². The molecule has 1 heterocycles. The second-order valence-corrected chi connectivity index (χ2v) is 9.15. The van der Waals surface area contributed by atoms with Crippen LogP contribution in [0.15, 0.2) is 48.5 Å². The molecule has 1 fully saturated rings. The van der Waals surface area contributed by atoms with Gasteiger partial charge in [0.15, 0.2) is 16.4 Å². The SMILES string of the molecule is O=C(COc1cc(Cl)cc(Cl)c1)N(c1ccccc1)C1CCS(=O)(=O)C1. The van der Waals surface area contributed by atoms with Crippen molar-refractivity contribution in [3.05, 3.63) is 58.6 Å². The molecule has 0 radical (unpaired) electrons. The number of rotatable bonds is 5. The molecule has 1 saturated heterocycles. The van der Waals surface area contributed by atoms with Crippen molar-refractivity contribution in [1.82, 2.24) is 0 Å². The van der Waals surface area contributed by atoms with E-state index in [-0.39, 0.29) is 24.0 Å². The zero-order valence-corrected chi connectivity index (χ0v) is 16.1. The van der Waals surface area contributed by atoms with Gasteiger partial charge in [-0.2, -0.15) is 0 Å². The number of carbonyl (C=O) groups is 1. The highest BCUT2D eigenvalue weighted by Crippen LogP contribution is 2.26. The van der Waals surface area contributed by atoms with Crippen LogP contribution in [0.3, 0.4) is 0 Å². The molecule has 8 heteroatoms. The average Bonchev–Trinajstić information content (AvgIpc) is 2.93. The molecule has 1 atom stereocenters. The van der Waals surface area contributed by atoms with Gasteiger partial charge in [0.05, 0.1) is 17.5 Å². The minimum absolute atomic E-state index is 0.0450. The van der Waals surface area contributed by atoms with E-state index in [1.807, 2.05) is 6.07 Å². The predicted molar refractivity (Wildman–Crippen MR) is 103 cm³/mol. The lowest BCUT2D eigenvalue weighted by molar-refractivity contribution is -0.121. The summed E-state index contributed by atoms with van der Waals surface area (Å²) in [7, 11) is -3.13. The number of amides is 1. The number of nitrogens with zero attached hydrogens (tertiary/aromatic N) is 1. The number of para-hydroxylation sites is 1. The second kappa shape index (κ2) is 7.86.